The van der Waals surface area contributed by atoms with Crippen LogP contribution in [0.1, 0.15) is 193 Å². The first-order valence-electron chi connectivity index (χ1n) is 28.3. The lowest BCUT2D eigenvalue weighted by Gasteiger charge is -2.28. The van der Waals surface area contributed by atoms with E-state index in [-0.39, 0.29) is 51.5 Å². The lowest BCUT2D eigenvalue weighted by molar-refractivity contribution is -0.135. The SMILES string of the molecule is CCCCCCCCCCC[C@@H](O)CC(=O)NCC(=O)N[C@@H](CCCCN)C(=O)N[C@@H]1CCCCNC(=O)[C@H](CCCCN)NC(=O)[C@@H](CCCCN)NC(=O)[C@@H](CCCCN)NC(=O)[C@H](CCCCN)NC1=O. The molecule has 22 heteroatoms. The van der Waals surface area contributed by atoms with E-state index in [9.17, 15) is 43.5 Å². The molecule has 1 aliphatic heterocycles. The van der Waals surface area contributed by atoms with E-state index in [2.05, 4.69) is 49.5 Å². The fourth-order valence-electron chi connectivity index (χ4n) is 8.75. The standard InChI is InChI=1S/C52H101N13O9/c1-2-3-4-5-6-7-8-9-10-23-38(66)36-45(67)59-37-46(68)60-40(25-12-18-31-54)48(70)62-44-29-16-22-35-58-47(69)39(24-11-17-30-53)61-49(71)41(26-13-19-32-55)63-50(72)42(27-14-20-33-56)64-51(73)43(65-52(44)74)28-15-21-34-57/h38-44,66H,2-37,53-57H2,1H3,(H,58,69)(H,59,67)(H,60,68)(H,61,71)(H,62,70)(H,63,72)(H,64,73)(H,65,74)/t38-,39+,40+,41-,42-,43+,44-/m1/s1. The predicted octanol–water partition coefficient (Wildman–Crippen LogP) is 0.628. The molecule has 0 saturated carbocycles. The zero-order chi connectivity index (χ0) is 54.8. The number of carbonyl (C=O) groups is 8. The smallest absolute Gasteiger partial charge is 0.243 e. The van der Waals surface area contributed by atoms with Gasteiger partial charge in [-0.25, -0.2) is 0 Å². The van der Waals surface area contributed by atoms with Gasteiger partial charge < -0.3 is 76.3 Å². The van der Waals surface area contributed by atoms with Crippen LogP contribution in [-0.4, -0.2) is 141 Å². The van der Waals surface area contributed by atoms with E-state index >= 15 is 0 Å². The Hall–Kier alpha value is -4.48. The van der Waals surface area contributed by atoms with Crippen LogP contribution in [0.15, 0.2) is 0 Å². The summed E-state index contributed by atoms with van der Waals surface area (Å²) in [5.74, 6) is -4.81. The predicted molar refractivity (Wildman–Crippen MR) is 288 cm³/mol. The van der Waals surface area contributed by atoms with Crippen LogP contribution in [0.2, 0.25) is 0 Å². The summed E-state index contributed by atoms with van der Waals surface area (Å²) in [6, 6.07) is -6.64. The highest BCUT2D eigenvalue weighted by Gasteiger charge is 2.33. The lowest BCUT2D eigenvalue weighted by atomic mass is 10.0. The molecule has 0 aromatic heterocycles. The Balaban J connectivity index is 3.39. The summed E-state index contributed by atoms with van der Waals surface area (Å²) in [5, 5.41) is 32.7. The van der Waals surface area contributed by atoms with Crippen molar-refractivity contribution < 1.29 is 43.5 Å². The average molecular weight is 1050 g/mol. The number of aliphatic hydroxyl groups is 1. The van der Waals surface area contributed by atoms with Crippen molar-refractivity contribution in [3.05, 3.63) is 0 Å². The van der Waals surface area contributed by atoms with Gasteiger partial charge in [0.1, 0.15) is 36.3 Å². The van der Waals surface area contributed by atoms with E-state index < -0.39 is 96.2 Å². The molecular formula is C52H101N13O9. The molecule has 8 amide bonds. The van der Waals surface area contributed by atoms with Gasteiger partial charge in [0.25, 0.3) is 0 Å². The number of nitrogens with one attached hydrogen (secondary N) is 8. The summed E-state index contributed by atoms with van der Waals surface area (Å²) in [7, 11) is 0. The number of rotatable bonds is 37. The third kappa shape index (κ3) is 32.1. The fourth-order valence-corrected chi connectivity index (χ4v) is 8.75. The fraction of sp³-hybridized carbons (Fsp3) is 0.846. The Morgan fingerprint density at radius 2 is 0.946 bits per heavy atom. The van der Waals surface area contributed by atoms with Crippen molar-refractivity contribution in [3.63, 3.8) is 0 Å². The molecule has 0 aliphatic carbocycles. The summed E-state index contributed by atoms with van der Waals surface area (Å²) in [6.07, 6.45) is 16.6. The second kappa shape index (κ2) is 43.7. The van der Waals surface area contributed by atoms with Crippen LogP contribution in [-0.2, 0) is 38.4 Å². The highest BCUT2D eigenvalue weighted by molar-refractivity contribution is 5.97. The molecule has 0 spiro atoms. The minimum absolute atomic E-state index is 0.0662. The van der Waals surface area contributed by atoms with Crippen LogP contribution in [0.4, 0.5) is 0 Å². The molecule has 1 rings (SSSR count). The maximum atomic E-state index is 14.4. The van der Waals surface area contributed by atoms with Gasteiger partial charge in [-0.1, -0.05) is 64.7 Å². The molecule has 74 heavy (non-hydrogen) atoms. The second-order valence-electron chi connectivity index (χ2n) is 19.9. The van der Waals surface area contributed by atoms with Gasteiger partial charge in [0.05, 0.1) is 19.1 Å². The highest BCUT2D eigenvalue weighted by Crippen LogP contribution is 2.14. The van der Waals surface area contributed by atoms with Gasteiger partial charge in [-0.05, 0) is 155 Å². The van der Waals surface area contributed by atoms with Crippen LogP contribution < -0.4 is 71.2 Å². The van der Waals surface area contributed by atoms with E-state index in [1.54, 1.807) is 0 Å². The number of unbranched alkanes of at least 4 members (excludes halogenated alkanes) is 13. The Kier molecular flexibility index (Phi) is 39.9. The Morgan fingerprint density at radius 1 is 0.527 bits per heavy atom. The van der Waals surface area contributed by atoms with Gasteiger partial charge in [0, 0.05) is 6.54 Å². The van der Waals surface area contributed by atoms with Crippen LogP contribution in [0, 0.1) is 0 Å². The highest BCUT2D eigenvalue weighted by atomic mass is 16.3. The number of carbonyl (C=O) groups excluding carboxylic acids is 8. The first-order valence-corrected chi connectivity index (χ1v) is 28.3. The van der Waals surface area contributed by atoms with Crippen LogP contribution in [0.5, 0.6) is 0 Å². The molecule has 0 radical (unpaired) electrons. The van der Waals surface area contributed by atoms with Gasteiger partial charge in [0.2, 0.25) is 47.3 Å². The third-order valence-corrected chi connectivity index (χ3v) is 13.3. The molecule has 7 atom stereocenters. The third-order valence-electron chi connectivity index (χ3n) is 13.3. The van der Waals surface area contributed by atoms with Crippen molar-refractivity contribution in [1.29, 1.82) is 0 Å². The number of hydrogen-bond donors (Lipinski definition) is 14. The minimum atomic E-state index is -1.22. The van der Waals surface area contributed by atoms with Crippen molar-refractivity contribution in [1.82, 2.24) is 42.5 Å². The number of nitrogens with two attached hydrogens (primary N) is 5. The van der Waals surface area contributed by atoms with Crippen molar-refractivity contribution >= 4 is 47.3 Å². The van der Waals surface area contributed by atoms with E-state index in [1.807, 2.05) is 0 Å². The molecule has 1 fully saturated rings. The Bertz CT molecular complexity index is 1600. The first-order chi connectivity index (χ1) is 35.7. The van der Waals surface area contributed by atoms with E-state index in [0.29, 0.717) is 116 Å². The van der Waals surface area contributed by atoms with Gasteiger partial charge >= 0.3 is 0 Å². The van der Waals surface area contributed by atoms with Crippen molar-refractivity contribution in [2.75, 3.05) is 45.8 Å². The number of aliphatic hydroxyl groups excluding tert-OH is 1. The summed E-state index contributed by atoms with van der Waals surface area (Å²) in [5.41, 5.74) is 28.9. The molecule has 1 heterocycles. The molecule has 0 aromatic carbocycles. The van der Waals surface area contributed by atoms with Gasteiger partial charge in [-0.2, -0.15) is 0 Å². The Labute approximate surface area is 442 Å². The van der Waals surface area contributed by atoms with Crippen LogP contribution >= 0.6 is 0 Å². The number of hydrogen-bond acceptors (Lipinski definition) is 14. The zero-order valence-corrected chi connectivity index (χ0v) is 45.1. The molecule has 19 N–H and O–H groups in total. The quantitative estimate of drug-likeness (QED) is 0.0380. The lowest BCUT2D eigenvalue weighted by Crippen LogP contribution is -2.59. The van der Waals surface area contributed by atoms with Gasteiger partial charge in [0.15, 0.2) is 0 Å². The van der Waals surface area contributed by atoms with Crippen molar-refractivity contribution in [2.45, 2.75) is 235 Å². The van der Waals surface area contributed by atoms with Gasteiger partial charge in [-0.15, -0.1) is 0 Å². The molecule has 0 unspecified atom stereocenters. The topological polar surface area (TPSA) is 383 Å². The molecular weight excluding hydrogens is 951 g/mol. The number of amides is 8. The van der Waals surface area contributed by atoms with Crippen LogP contribution in [0.3, 0.4) is 0 Å². The molecule has 0 bridgehead atoms. The summed E-state index contributed by atoms with van der Waals surface area (Å²) < 4.78 is 0. The largest absolute Gasteiger partial charge is 0.393 e. The van der Waals surface area contributed by atoms with Crippen LogP contribution in [0.25, 0.3) is 0 Å². The van der Waals surface area contributed by atoms with E-state index in [1.165, 1.54) is 32.1 Å². The minimum Gasteiger partial charge on any atom is -0.393 e. The molecule has 428 valence electrons. The average Bonchev–Trinajstić information content (AvgIpc) is 3.37. The van der Waals surface area contributed by atoms with E-state index in [4.69, 9.17) is 28.7 Å². The summed E-state index contributed by atoms with van der Waals surface area (Å²) >= 11 is 0. The van der Waals surface area contributed by atoms with Crippen molar-refractivity contribution in [3.8, 4) is 0 Å². The molecule has 0 aromatic rings. The van der Waals surface area contributed by atoms with Gasteiger partial charge in [-0.3, -0.25) is 38.4 Å². The summed E-state index contributed by atoms with van der Waals surface area (Å²) in [4.78, 5) is 110. The van der Waals surface area contributed by atoms with E-state index in [0.717, 1.165) is 25.7 Å². The monoisotopic (exact) mass is 1050 g/mol. The normalized spacial score (nSPS) is 20.3. The first kappa shape index (κ1) is 67.5. The Morgan fingerprint density at radius 3 is 1.42 bits per heavy atom. The second-order valence-corrected chi connectivity index (χ2v) is 19.9. The molecule has 1 saturated heterocycles. The van der Waals surface area contributed by atoms with Crippen molar-refractivity contribution in [2.24, 2.45) is 28.7 Å². The molecule has 22 nitrogen and oxygen atoms in total. The maximum Gasteiger partial charge on any atom is 0.243 e. The summed E-state index contributed by atoms with van der Waals surface area (Å²) in [6.45, 7) is 3.66. The molecule has 1 aliphatic rings. The zero-order valence-electron chi connectivity index (χ0n) is 45.1. The maximum absolute atomic E-state index is 14.4.